The van der Waals surface area contributed by atoms with Gasteiger partial charge in [-0.25, -0.2) is 4.39 Å². The molecule has 1 unspecified atom stereocenters. The molecule has 0 aliphatic rings. The summed E-state index contributed by atoms with van der Waals surface area (Å²) in [6.07, 6.45) is 0. The number of anilines is 1. The average molecular weight is 290 g/mol. The van der Waals surface area contributed by atoms with Crippen LogP contribution in [0.5, 0.6) is 5.75 Å². The molecule has 0 heterocycles. The van der Waals surface area contributed by atoms with Crippen LogP contribution in [0.15, 0.2) is 36.4 Å². The molecule has 2 aromatic carbocycles. The zero-order chi connectivity index (χ0) is 15.6. The maximum absolute atomic E-state index is 13.1. The zero-order valence-electron chi connectivity index (χ0n) is 11.6. The first-order chi connectivity index (χ1) is 9.88. The van der Waals surface area contributed by atoms with Crippen LogP contribution in [0.3, 0.4) is 0 Å². The smallest absolute Gasteiger partial charge is 0.295 e. The van der Waals surface area contributed by atoms with Crippen molar-refractivity contribution < 1.29 is 14.4 Å². The number of aromatic hydroxyl groups is 1. The maximum Gasteiger partial charge on any atom is 0.295 e. The van der Waals surface area contributed by atoms with Crippen molar-refractivity contribution in [2.24, 2.45) is 0 Å². The minimum atomic E-state index is -0.668. The van der Waals surface area contributed by atoms with Crippen molar-refractivity contribution in [3.8, 4) is 5.75 Å². The largest absolute Gasteiger partial charge is 0.508 e. The highest BCUT2D eigenvalue weighted by Crippen LogP contribution is 2.32. The van der Waals surface area contributed by atoms with Crippen LogP contribution in [0.25, 0.3) is 0 Å². The second-order valence-corrected chi connectivity index (χ2v) is 4.85. The van der Waals surface area contributed by atoms with Gasteiger partial charge in [0.2, 0.25) is 0 Å². The summed E-state index contributed by atoms with van der Waals surface area (Å²) in [5.41, 5.74) is 1.39. The number of nitro groups is 1. The highest BCUT2D eigenvalue weighted by atomic mass is 19.1. The molecule has 110 valence electrons. The molecule has 6 heteroatoms. The lowest BCUT2D eigenvalue weighted by Crippen LogP contribution is -2.09. The van der Waals surface area contributed by atoms with Gasteiger partial charge in [-0.15, -0.1) is 0 Å². The molecule has 2 aromatic rings. The number of nitrogens with zero attached hydrogens (tertiary/aromatic N) is 1. The predicted octanol–water partition coefficient (Wildman–Crippen LogP) is 3.92. The quantitative estimate of drug-likeness (QED) is 0.661. The van der Waals surface area contributed by atoms with Gasteiger partial charge in [-0.05, 0) is 37.6 Å². The number of hydrogen-bond acceptors (Lipinski definition) is 4. The summed E-state index contributed by atoms with van der Waals surface area (Å²) < 4.78 is 13.1. The zero-order valence-corrected chi connectivity index (χ0v) is 11.6. The van der Waals surface area contributed by atoms with E-state index in [9.17, 15) is 19.6 Å². The van der Waals surface area contributed by atoms with Crippen molar-refractivity contribution in [1.29, 1.82) is 0 Å². The molecule has 1 atom stereocenters. The van der Waals surface area contributed by atoms with E-state index in [2.05, 4.69) is 5.32 Å². The molecule has 0 amide bonds. The first kappa shape index (κ1) is 14.8. The van der Waals surface area contributed by atoms with Crippen molar-refractivity contribution in [2.45, 2.75) is 19.9 Å². The fourth-order valence-electron chi connectivity index (χ4n) is 2.11. The third kappa shape index (κ3) is 3.28. The summed E-state index contributed by atoms with van der Waals surface area (Å²) in [5.74, 6) is -0.558. The van der Waals surface area contributed by atoms with Crippen LogP contribution in [0.4, 0.5) is 15.8 Å². The number of halogens is 1. The van der Waals surface area contributed by atoms with E-state index < -0.39 is 10.7 Å². The molecule has 0 aliphatic heterocycles. The van der Waals surface area contributed by atoms with Gasteiger partial charge in [0.15, 0.2) is 0 Å². The second-order valence-electron chi connectivity index (χ2n) is 4.85. The van der Waals surface area contributed by atoms with E-state index in [0.29, 0.717) is 5.56 Å². The number of rotatable bonds is 4. The minimum absolute atomic E-state index is 0.111. The number of nitrogens with one attached hydrogen (secondary N) is 1. The van der Waals surface area contributed by atoms with E-state index in [-0.39, 0.29) is 23.2 Å². The van der Waals surface area contributed by atoms with Crippen LogP contribution in [-0.4, -0.2) is 10.0 Å². The van der Waals surface area contributed by atoms with E-state index in [1.165, 1.54) is 6.07 Å². The molecule has 0 saturated carbocycles. The van der Waals surface area contributed by atoms with Gasteiger partial charge in [-0.1, -0.05) is 12.1 Å². The van der Waals surface area contributed by atoms with E-state index in [0.717, 1.165) is 17.7 Å². The number of phenolic OH excluding ortho intramolecular Hbond substituents is 1. The van der Waals surface area contributed by atoms with Gasteiger partial charge in [0.05, 0.1) is 17.0 Å². The number of hydrogen-bond donors (Lipinski definition) is 2. The Morgan fingerprint density at radius 1 is 1.29 bits per heavy atom. The molecule has 2 rings (SSSR count). The molecule has 0 spiro atoms. The molecule has 0 fully saturated rings. The van der Waals surface area contributed by atoms with Crippen LogP contribution in [-0.2, 0) is 0 Å². The SMILES string of the molecule is Cc1ccc(C(C)Nc2ccc(F)cc2[N+](=O)[O-])c(O)c1. The molecule has 0 aliphatic carbocycles. The summed E-state index contributed by atoms with van der Waals surface area (Å²) in [6, 6.07) is 8.17. The van der Waals surface area contributed by atoms with Gasteiger partial charge in [-0.3, -0.25) is 10.1 Å². The number of nitro benzene ring substituents is 1. The normalized spacial score (nSPS) is 12.0. The lowest BCUT2D eigenvalue weighted by Gasteiger charge is -2.17. The standard InChI is InChI=1S/C15H15FN2O3/c1-9-3-5-12(15(19)7-9)10(2)17-13-6-4-11(16)8-14(13)18(20)21/h3-8,10,17,19H,1-2H3. The Morgan fingerprint density at radius 2 is 2.00 bits per heavy atom. The monoisotopic (exact) mass is 290 g/mol. The molecule has 5 nitrogen and oxygen atoms in total. The number of aryl methyl sites for hydroxylation is 1. The Hall–Kier alpha value is -2.63. The summed E-state index contributed by atoms with van der Waals surface area (Å²) in [5, 5.41) is 23.8. The van der Waals surface area contributed by atoms with Crippen LogP contribution in [0, 0.1) is 22.9 Å². The fraction of sp³-hybridized carbons (Fsp3) is 0.200. The topological polar surface area (TPSA) is 75.4 Å². The Bertz CT molecular complexity index is 689. The third-order valence-electron chi connectivity index (χ3n) is 3.18. The van der Waals surface area contributed by atoms with Crippen molar-refractivity contribution in [3.63, 3.8) is 0 Å². The number of benzene rings is 2. The summed E-state index contributed by atoms with van der Waals surface area (Å²) in [7, 11) is 0. The van der Waals surface area contributed by atoms with Gasteiger partial charge >= 0.3 is 0 Å². The van der Waals surface area contributed by atoms with E-state index in [4.69, 9.17) is 0 Å². The third-order valence-corrected chi connectivity index (χ3v) is 3.18. The van der Waals surface area contributed by atoms with Crippen LogP contribution < -0.4 is 5.32 Å². The van der Waals surface area contributed by atoms with E-state index >= 15 is 0 Å². The summed E-state index contributed by atoms with van der Waals surface area (Å²) >= 11 is 0. The van der Waals surface area contributed by atoms with Gasteiger partial charge in [0.25, 0.3) is 5.69 Å². The first-order valence-electron chi connectivity index (χ1n) is 6.38. The maximum atomic E-state index is 13.1. The molecule has 0 saturated heterocycles. The Labute approximate surface area is 121 Å². The molecular weight excluding hydrogens is 275 g/mol. The molecule has 0 radical (unpaired) electrons. The van der Waals surface area contributed by atoms with Crippen LogP contribution in [0.1, 0.15) is 24.1 Å². The second kappa shape index (κ2) is 5.78. The first-order valence-corrected chi connectivity index (χ1v) is 6.38. The molecule has 21 heavy (non-hydrogen) atoms. The minimum Gasteiger partial charge on any atom is -0.508 e. The Kier molecular flexibility index (Phi) is 4.07. The van der Waals surface area contributed by atoms with E-state index in [1.54, 1.807) is 19.1 Å². The van der Waals surface area contributed by atoms with Crippen molar-refractivity contribution >= 4 is 11.4 Å². The van der Waals surface area contributed by atoms with Gasteiger partial charge in [-0.2, -0.15) is 0 Å². The predicted molar refractivity (Wildman–Crippen MR) is 77.9 cm³/mol. The lowest BCUT2D eigenvalue weighted by atomic mass is 10.0. The highest BCUT2D eigenvalue weighted by molar-refractivity contribution is 5.62. The van der Waals surface area contributed by atoms with Crippen molar-refractivity contribution in [2.75, 3.05) is 5.32 Å². The van der Waals surface area contributed by atoms with Crippen molar-refractivity contribution in [3.05, 3.63) is 63.5 Å². The van der Waals surface area contributed by atoms with Crippen LogP contribution >= 0.6 is 0 Å². The van der Waals surface area contributed by atoms with Gasteiger partial charge in [0, 0.05) is 5.56 Å². The Balaban J connectivity index is 2.31. The van der Waals surface area contributed by atoms with Gasteiger partial charge < -0.3 is 10.4 Å². The molecule has 0 aromatic heterocycles. The van der Waals surface area contributed by atoms with Crippen molar-refractivity contribution in [1.82, 2.24) is 0 Å². The lowest BCUT2D eigenvalue weighted by molar-refractivity contribution is -0.384. The summed E-state index contributed by atoms with van der Waals surface area (Å²) in [4.78, 5) is 10.3. The molecular formula is C15H15FN2O3. The average Bonchev–Trinajstić information content (AvgIpc) is 2.40. The van der Waals surface area contributed by atoms with E-state index in [1.807, 2.05) is 13.0 Å². The highest BCUT2D eigenvalue weighted by Gasteiger charge is 2.18. The molecule has 0 bridgehead atoms. The van der Waals surface area contributed by atoms with Crippen LogP contribution in [0.2, 0.25) is 0 Å². The van der Waals surface area contributed by atoms with Gasteiger partial charge in [0.1, 0.15) is 17.3 Å². The molecule has 2 N–H and O–H groups in total. The summed E-state index contributed by atoms with van der Waals surface area (Å²) in [6.45, 7) is 3.61. The number of phenols is 1. The fourth-order valence-corrected chi connectivity index (χ4v) is 2.11. The Morgan fingerprint density at radius 3 is 2.62 bits per heavy atom.